The second kappa shape index (κ2) is 51.1. The van der Waals surface area contributed by atoms with Crippen molar-refractivity contribution in [1.82, 2.24) is 25.8 Å². The van der Waals surface area contributed by atoms with Crippen LogP contribution in [0.5, 0.6) is 17.2 Å². The van der Waals surface area contributed by atoms with Gasteiger partial charge in [-0.15, -0.1) is 0 Å². The summed E-state index contributed by atoms with van der Waals surface area (Å²) in [5, 5.41) is 49.0. The first kappa shape index (κ1) is 104. The molecule has 8 rings (SSSR count). The number of hydrogen-bond acceptors (Lipinski definition) is 29. The van der Waals surface area contributed by atoms with Crippen LogP contribution < -0.4 is 47.2 Å². The van der Waals surface area contributed by atoms with Gasteiger partial charge in [-0.05, 0) is 62.9 Å². The number of nitrogens with zero attached hydrogens (tertiary/aromatic N) is 3. The molecule has 37 heteroatoms. The Balaban J connectivity index is 0.780. The molecule has 8 amide bonds. The van der Waals surface area contributed by atoms with E-state index in [2.05, 4.69) is 26.6 Å². The van der Waals surface area contributed by atoms with Crippen LogP contribution in [0, 0.1) is 42.4 Å². The van der Waals surface area contributed by atoms with Crippen LogP contribution in [0.4, 0.5) is 16.2 Å². The van der Waals surface area contributed by atoms with Crippen molar-refractivity contribution in [2.75, 3.05) is 170 Å². The quantitative estimate of drug-likeness (QED) is 0.00371. The number of aromatic hydroxyl groups is 1. The van der Waals surface area contributed by atoms with E-state index < -0.39 is 124 Å². The van der Waals surface area contributed by atoms with Crippen molar-refractivity contribution in [1.29, 1.82) is 0 Å². The van der Waals surface area contributed by atoms with E-state index in [1.807, 2.05) is 26.2 Å². The summed E-state index contributed by atoms with van der Waals surface area (Å²) >= 11 is 0. The first-order valence-corrected chi connectivity index (χ1v) is 43.6. The third-order valence-corrected chi connectivity index (χ3v) is 22.4. The van der Waals surface area contributed by atoms with E-state index in [9.17, 15) is 63.3 Å². The van der Waals surface area contributed by atoms with Gasteiger partial charge >= 0.3 is 17.8 Å². The molecule has 0 fully saturated rings. The van der Waals surface area contributed by atoms with Crippen LogP contribution >= 0.6 is 0 Å². The number of hydrogen-bond donors (Lipinski definition) is 9. The van der Waals surface area contributed by atoms with Crippen molar-refractivity contribution in [3.63, 3.8) is 0 Å². The third-order valence-electron chi connectivity index (χ3n) is 22.4. The number of aliphatic hydroxyl groups is 2. The van der Waals surface area contributed by atoms with Gasteiger partial charge in [0.05, 0.1) is 161 Å². The van der Waals surface area contributed by atoms with E-state index in [0.717, 1.165) is 10.5 Å². The van der Waals surface area contributed by atoms with E-state index >= 15 is 4.79 Å². The van der Waals surface area contributed by atoms with Gasteiger partial charge in [-0.25, -0.2) is 9.78 Å². The van der Waals surface area contributed by atoms with Crippen molar-refractivity contribution < 1.29 is 134 Å². The molecule has 37 nitrogen and oxygen atoms in total. The molecule has 708 valence electrons. The molecule has 4 bridgehead atoms. The number of ketones is 2. The molecule has 0 saturated heterocycles. The van der Waals surface area contributed by atoms with Gasteiger partial charge in [-0.2, -0.15) is 0 Å². The van der Waals surface area contributed by atoms with Gasteiger partial charge in [0.2, 0.25) is 17.7 Å². The minimum atomic E-state index is -2.13. The number of benzene rings is 4. The first-order chi connectivity index (χ1) is 61.5. The molecule has 1 aromatic heterocycles. The van der Waals surface area contributed by atoms with E-state index in [1.54, 1.807) is 84.0 Å². The predicted octanol–water partition coefficient (Wildman–Crippen LogP) is 6.71. The minimum absolute atomic E-state index is 0.0164. The zero-order chi connectivity index (χ0) is 94.1. The molecule has 0 saturated carbocycles. The summed E-state index contributed by atoms with van der Waals surface area (Å²) in [6, 6.07) is 10.5. The number of aliphatic hydroxyl groups excluding tert-OH is 2. The average Bonchev–Trinajstić information content (AvgIpc) is 1.61. The van der Waals surface area contributed by atoms with Gasteiger partial charge in [-0.1, -0.05) is 71.9 Å². The van der Waals surface area contributed by atoms with Crippen LogP contribution in [0.2, 0.25) is 0 Å². The summed E-state index contributed by atoms with van der Waals surface area (Å²) in [6.45, 7) is 22.9. The molecular formula is C92H128N9O28+. The number of phenols is 1. The third kappa shape index (κ3) is 30.7. The number of rotatable bonds is 49. The lowest BCUT2D eigenvalue weighted by Crippen LogP contribution is -2.46. The number of anilines is 2. The number of quaternary nitrogens is 1. The number of esters is 1. The van der Waals surface area contributed by atoms with Crippen LogP contribution in [0.1, 0.15) is 116 Å². The fourth-order valence-electron chi connectivity index (χ4n) is 14.9. The molecule has 11 atom stereocenters. The largest absolute Gasteiger partial charge is 0.505 e. The Kier molecular flexibility index (Phi) is 41.0. The Morgan fingerprint density at radius 2 is 1.31 bits per heavy atom. The van der Waals surface area contributed by atoms with E-state index in [0.29, 0.717) is 115 Å². The van der Waals surface area contributed by atoms with Crippen LogP contribution in [-0.2, 0) is 97.0 Å². The fourth-order valence-corrected chi connectivity index (χ4v) is 14.9. The normalized spacial score (nSPS) is 21.2. The van der Waals surface area contributed by atoms with Gasteiger partial charge in [0, 0.05) is 135 Å². The van der Waals surface area contributed by atoms with Crippen LogP contribution in [0.25, 0.3) is 33.0 Å². The molecule has 0 spiro atoms. The Morgan fingerprint density at radius 3 is 1.89 bits per heavy atom. The number of ether oxygens (including phenoxy) is 13. The van der Waals surface area contributed by atoms with Crippen molar-refractivity contribution in [2.24, 2.45) is 41.2 Å². The number of phenolic OH excluding ortho intramolecular Hbond substituents is 1. The van der Waals surface area contributed by atoms with Crippen LogP contribution in [0.3, 0.4) is 0 Å². The molecule has 0 radical (unpaired) electrons. The maximum absolute atomic E-state index is 15.1. The lowest BCUT2D eigenvalue weighted by molar-refractivity contribution is -0.903. The number of carbonyl (C=O) groups excluding carboxylic acids is 10. The number of imide groups is 1. The first-order valence-electron chi connectivity index (χ1n) is 43.6. The number of nitrogens with one attached hydrogen (secondary N) is 5. The monoisotopic (exact) mass is 1810 g/mol. The summed E-state index contributed by atoms with van der Waals surface area (Å²) < 4.78 is 81.8. The summed E-state index contributed by atoms with van der Waals surface area (Å²) in [6.07, 6.45) is 5.93. The van der Waals surface area contributed by atoms with Gasteiger partial charge in [0.15, 0.2) is 28.1 Å². The van der Waals surface area contributed by atoms with Crippen molar-refractivity contribution in [2.45, 2.75) is 144 Å². The molecule has 3 aliphatic rings. The van der Waals surface area contributed by atoms with E-state index in [4.69, 9.17) is 76.7 Å². The Labute approximate surface area is 750 Å². The number of aromatic nitrogens is 1. The molecule has 4 aromatic carbocycles. The lowest BCUT2D eigenvalue weighted by Gasteiger charge is -2.38. The summed E-state index contributed by atoms with van der Waals surface area (Å²) in [5.74, 6) is -11.0. The number of Topliss-reactive ketones (excluding diaryl/α,β-unsaturated/α-hetero) is 2. The molecule has 0 aliphatic carbocycles. The number of amides is 8. The number of carbonyl (C=O) groups is 10. The minimum Gasteiger partial charge on any atom is -0.505 e. The molecule has 3 aliphatic heterocycles. The second-order valence-electron chi connectivity index (χ2n) is 33.2. The molecule has 5 aromatic rings. The smallest absolute Gasteiger partial charge is 0.312 e. The molecular weight excluding hydrogens is 1680 g/mol. The van der Waals surface area contributed by atoms with E-state index in [1.165, 1.54) is 65.4 Å². The van der Waals surface area contributed by atoms with Crippen LogP contribution in [0.15, 0.2) is 100.0 Å². The number of primary amides is 1. The lowest BCUT2D eigenvalue weighted by atomic mass is 9.78. The number of methoxy groups -OCH3 is 1. The van der Waals surface area contributed by atoms with Crippen molar-refractivity contribution in [3.8, 4) is 17.2 Å². The summed E-state index contributed by atoms with van der Waals surface area (Å²) in [7, 11) is 5.45. The Morgan fingerprint density at radius 1 is 0.713 bits per heavy atom. The number of fused-ring (bicyclic) bond motifs is 2. The predicted molar refractivity (Wildman–Crippen MR) is 474 cm³/mol. The molecule has 10 N–H and O–H groups in total. The highest BCUT2D eigenvalue weighted by Gasteiger charge is 2.50. The standard InChI is InChI=1S/C92H127N9O28/c1-55(2)78(98-72(105)29-34-117-38-40-119-42-44-121-46-48-123-50-51-124-49-47-122-45-43-120-41-39-118-36-31-94-71(104)27-32-100-73(106)25-26-74(100)107)68(103)52-64(18-15-30-95-91(93)115)90(114)96-65-21-19-63(20-22-65)54-101(11,12)33-37-125-66-23-24-67-70(53-66)128-87-79(97-67)75-76-83(110)61(8)86-77(75)88(112)92(10,129-86)126-35-28-69(116-13)58(5)85(127-62(9)102)60(7)82(109)59(6)81(108)56(3)16-14-17-57(4)89(113)99-80(87)84(76)111/h14,16-17,19-26,28,35,53,55-56,58-60,64,69,78,81-82,85,108-109H,15,18,27,29-34,36-52,54H2,1-13H3,(H7-,93,94,95,96,97,98,99,104,105,110,111,112,113,114,115)/p+1/b16-14+,35-28+,57-17-/t56-,58+,59+,60+,64+,69-,78-,81-,82+,85+,92-/m0/s1. The molecule has 129 heavy (non-hydrogen) atoms. The van der Waals surface area contributed by atoms with Gasteiger partial charge in [0.1, 0.15) is 54.0 Å². The average molecular weight is 1810 g/mol. The summed E-state index contributed by atoms with van der Waals surface area (Å²) in [5.41, 5.74) is 5.56. The topological polar surface area (TPSA) is 484 Å². The maximum atomic E-state index is 15.1. The number of urea groups is 1. The van der Waals surface area contributed by atoms with Crippen molar-refractivity contribution >= 4 is 103 Å². The van der Waals surface area contributed by atoms with Gasteiger partial charge in [-0.3, -0.25) is 52.8 Å². The SMILES string of the molecule is CO[C@H]1/C=C/O[C@@]2(C)Oc3c(C)c(=O)c4c(O)c(c5oc6cc(OCC[N+](C)(C)Cc7ccc(NC(=O)[C@H](CCCNC(N)=O)CC(=O)[C@@H](NC(=O)CCOCCOCCOCCOCCOCCOCCOCCOCCNC(=O)CCN8C(=O)C=CC8=O)C(C)C)cc7)ccc6nc5c4c3C2=O)NC(=O)/C(C)=C\C=C\[C@H](C)[C@H](O)[C@@H](C)[C@@H](O)[C@@H](C)[C@H](OC(C)=O)[C@@H]1C. The fraction of sp³-hybridized carbons (Fsp3) is 0.565. The zero-order valence-electron chi connectivity index (χ0n) is 76.0. The number of likely N-dealkylation sites (N-methyl/N-ethyl adjacent to an activating group) is 1. The van der Waals surface area contributed by atoms with Gasteiger partial charge in [0.25, 0.3) is 23.5 Å². The zero-order valence-corrected chi connectivity index (χ0v) is 76.0. The molecule has 0 unspecified atom stereocenters. The summed E-state index contributed by atoms with van der Waals surface area (Å²) in [4.78, 5) is 151. The highest BCUT2D eigenvalue weighted by atomic mass is 16.7. The second-order valence-corrected chi connectivity index (χ2v) is 33.2. The van der Waals surface area contributed by atoms with Crippen molar-refractivity contribution in [3.05, 3.63) is 118 Å². The maximum Gasteiger partial charge on any atom is 0.312 e. The number of allylic oxidation sites excluding steroid dienone is 2. The van der Waals surface area contributed by atoms with E-state index in [-0.39, 0.29) is 157 Å². The van der Waals surface area contributed by atoms with Crippen LogP contribution in [-0.4, -0.2) is 285 Å². The number of nitrogens with two attached hydrogens (primary N) is 1. The molecule has 4 heterocycles. The highest BCUT2D eigenvalue weighted by Crippen LogP contribution is 2.49. The highest BCUT2D eigenvalue weighted by molar-refractivity contribution is 6.26. The Bertz CT molecular complexity index is 4840. The van der Waals surface area contributed by atoms with Gasteiger partial charge < -0.3 is 118 Å². The Hall–Kier alpha value is -10.7.